The number of rotatable bonds is 11. The molecule has 0 spiro atoms. The van der Waals surface area contributed by atoms with E-state index in [0.29, 0.717) is 17.9 Å². The predicted octanol–water partition coefficient (Wildman–Crippen LogP) is 4.06. The van der Waals surface area contributed by atoms with Crippen LogP contribution in [0.4, 0.5) is 5.69 Å². The molecule has 3 aromatic carbocycles. The molecule has 0 aliphatic heterocycles. The molecule has 0 saturated heterocycles. The molecule has 0 aromatic heterocycles. The number of hydrogen-bond donors (Lipinski definition) is 1. The Balaban J connectivity index is 2.05. The van der Waals surface area contributed by atoms with Crippen LogP contribution in [0, 0.1) is 13.8 Å². The van der Waals surface area contributed by atoms with E-state index in [1.807, 2.05) is 45.0 Å². The third-order valence-electron chi connectivity index (χ3n) is 6.35. The lowest BCUT2D eigenvalue weighted by molar-refractivity contribution is -0.140. The number of carbonyl (C=O) groups is 2. The molecule has 0 radical (unpaired) electrons. The van der Waals surface area contributed by atoms with Crippen molar-refractivity contribution in [1.82, 2.24) is 10.2 Å². The average Bonchev–Trinajstić information content (AvgIpc) is 2.92. The molecule has 0 aliphatic carbocycles. The van der Waals surface area contributed by atoms with E-state index in [4.69, 9.17) is 4.74 Å². The molecule has 0 aliphatic rings. The summed E-state index contributed by atoms with van der Waals surface area (Å²) >= 11 is 0. The minimum atomic E-state index is -4.11. The van der Waals surface area contributed by atoms with Crippen molar-refractivity contribution in [2.75, 3.05) is 25.0 Å². The fraction of sp³-hybridized carbons (Fsp3) is 0.310. The summed E-state index contributed by atoms with van der Waals surface area (Å²) in [7, 11) is -1.07. The SMILES string of the molecule is CC[C@@H](C(=O)NC)N(Cc1ccc(C)cc1)C(=O)CN(c1ccc(OC)cc1)S(=O)(=O)c1ccc(C)cc1. The van der Waals surface area contributed by atoms with Gasteiger partial charge in [-0.1, -0.05) is 54.4 Å². The van der Waals surface area contributed by atoms with Crippen molar-refractivity contribution in [1.29, 1.82) is 0 Å². The third-order valence-corrected chi connectivity index (χ3v) is 8.14. The highest BCUT2D eigenvalue weighted by Gasteiger charge is 2.33. The van der Waals surface area contributed by atoms with Crippen molar-refractivity contribution in [3.8, 4) is 5.75 Å². The Morgan fingerprint density at radius 3 is 1.95 bits per heavy atom. The number of anilines is 1. The first kappa shape index (κ1) is 28.7. The maximum absolute atomic E-state index is 13.9. The molecule has 0 fully saturated rings. The van der Waals surface area contributed by atoms with Crippen molar-refractivity contribution >= 4 is 27.5 Å². The number of methoxy groups -OCH3 is 1. The van der Waals surface area contributed by atoms with Crippen LogP contribution in [-0.4, -0.2) is 51.9 Å². The van der Waals surface area contributed by atoms with Crippen LogP contribution < -0.4 is 14.4 Å². The summed E-state index contributed by atoms with van der Waals surface area (Å²) in [6, 6.07) is 19.8. The summed E-state index contributed by atoms with van der Waals surface area (Å²) in [6.45, 7) is 5.33. The number of likely N-dealkylation sites (N-methyl/N-ethyl adjacent to an activating group) is 1. The Morgan fingerprint density at radius 2 is 1.45 bits per heavy atom. The van der Waals surface area contributed by atoms with Crippen LogP contribution in [0.15, 0.2) is 77.7 Å². The number of amides is 2. The van der Waals surface area contributed by atoms with Crippen molar-refractivity contribution in [2.45, 2.75) is 44.7 Å². The molecule has 2 amide bonds. The van der Waals surface area contributed by atoms with Gasteiger partial charge in [-0.05, 0) is 62.2 Å². The van der Waals surface area contributed by atoms with Gasteiger partial charge in [0, 0.05) is 13.6 Å². The van der Waals surface area contributed by atoms with Gasteiger partial charge in [-0.2, -0.15) is 0 Å². The van der Waals surface area contributed by atoms with E-state index >= 15 is 0 Å². The van der Waals surface area contributed by atoms with Crippen molar-refractivity contribution in [2.24, 2.45) is 0 Å². The summed E-state index contributed by atoms with van der Waals surface area (Å²) in [5, 5.41) is 2.63. The van der Waals surface area contributed by atoms with Crippen LogP contribution in [0.1, 0.15) is 30.0 Å². The minimum Gasteiger partial charge on any atom is -0.497 e. The van der Waals surface area contributed by atoms with Gasteiger partial charge < -0.3 is 15.0 Å². The fourth-order valence-corrected chi connectivity index (χ4v) is 5.51. The van der Waals surface area contributed by atoms with Gasteiger partial charge in [0.2, 0.25) is 11.8 Å². The van der Waals surface area contributed by atoms with E-state index in [9.17, 15) is 18.0 Å². The highest BCUT2D eigenvalue weighted by molar-refractivity contribution is 7.92. The zero-order valence-corrected chi connectivity index (χ0v) is 23.3. The molecular formula is C29H35N3O5S. The Morgan fingerprint density at radius 1 is 0.895 bits per heavy atom. The van der Waals surface area contributed by atoms with Crippen molar-refractivity contribution in [3.63, 3.8) is 0 Å². The summed E-state index contributed by atoms with van der Waals surface area (Å²) in [6.07, 6.45) is 0.366. The van der Waals surface area contributed by atoms with E-state index in [-0.39, 0.29) is 17.3 Å². The maximum atomic E-state index is 13.9. The third kappa shape index (κ3) is 6.72. The Labute approximate surface area is 225 Å². The monoisotopic (exact) mass is 537 g/mol. The van der Waals surface area contributed by atoms with Gasteiger partial charge in [0.15, 0.2) is 0 Å². The van der Waals surface area contributed by atoms with Crippen LogP contribution in [-0.2, 0) is 26.2 Å². The fourth-order valence-electron chi connectivity index (χ4n) is 4.09. The molecule has 1 atom stereocenters. The summed E-state index contributed by atoms with van der Waals surface area (Å²) in [5.41, 5.74) is 3.13. The molecule has 202 valence electrons. The quantitative estimate of drug-likeness (QED) is 0.398. The number of nitrogens with zero attached hydrogens (tertiary/aromatic N) is 2. The minimum absolute atomic E-state index is 0.0649. The topological polar surface area (TPSA) is 96.0 Å². The van der Waals surface area contributed by atoms with Crippen molar-refractivity contribution < 1.29 is 22.7 Å². The van der Waals surface area contributed by atoms with Gasteiger partial charge in [0.1, 0.15) is 18.3 Å². The summed E-state index contributed by atoms with van der Waals surface area (Å²) in [4.78, 5) is 28.2. The highest BCUT2D eigenvalue weighted by Crippen LogP contribution is 2.27. The maximum Gasteiger partial charge on any atom is 0.264 e. The lowest BCUT2D eigenvalue weighted by Crippen LogP contribution is -2.51. The van der Waals surface area contributed by atoms with E-state index in [1.54, 1.807) is 36.4 Å². The molecule has 0 unspecified atom stereocenters. The first-order valence-corrected chi connectivity index (χ1v) is 13.8. The van der Waals surface area contributed by atoms with Crippen LogP contribution in [0.5, 0.6) is 5.75 Å². The Bertz CT molecular complexity index is 1340. The molecule has 8 nitrogen and oxygen atoms in total. The second-order valence-electron chi connectivity index (χ2n) is 9.07. The number of nitrogens with one attached hydrogen (secondary N) is 1. The number of ether oxygens (including phenoxy) is 1. The number of benzene rings is 3. The number of carbonyl (C=O) groups excluding carboxylic acids is 2. The standard InChI is InChI=1S/C29H35N3O5S/c1-6-27(29(34)30-4)31(19-23-11-7-21(2)8-12-23)28(33)20-32(24-13-15-25(37-5)16-14-24)38(35,36)26-17-9-22(3)10-18-26/h7-18,27H,6,19-20H2,1-5H3,(H,30,34)/t27-/m0/s1. The molecule has 1 N–H and O–H groups in total. The first-order chi connectivity index (χ1) is 18.1. The second-order valence-corrected chi connectivity index (χ2v) is 10.9. The van der Waals surface area contributed by atoms with Crippen LogP contribution in [0.2, 0.25) is 0 Å². The molecule has 0 saturated carbocycles. The normalized spacial score (nSPS) is 11.9. The molecular weight excluding hydrogens is 502 g/mol. The van der Waals surface area contributed by atoms with Crippen LogP contribution >= 0.6 is 0 Å². The molecule has 0 bridgehead atoms. The van der Waals surface area contributed by atoms with Gasteiger partial charge in [-0.25, -0.2) is 8.42 Å². The molecule has 0 heterocycles. The van der Waals surface area contributed by atoms with E-state index in [2.05, 4.69) is 5.32 Å². The van der Waals surface area contributed by atoms with Crippen LogP contribution in [0.3, 0.4) is 0 Å². The smallest absolute Gasteiger partial charge is 0.264 e. The van der Waals surface area contributed by atoms with E-state index < -0.39 is 28.5 Å². The zero-order chi connectivity index (χ0) is 27.9. The Kier molecular flexibility index (Phi) is 9.52. The van der Waals surface area contributed by atoms with Gasteiger partial charge in [0.05, 0.1) is 17.7 Å². The Hall–Kier alpha value is -3.85. The molecule has 3 aromatic rings. The zero-order valence-electron chi connectivity index (χ0n) is 22.5. The van der Waals surface area contributed by atoms with Gasteiger partial charge in [-0.15, -0.1) is 0 Å². The molecule has 9 heteroatoms. The largest absolute Gasteiger partial charge is 0.497 e. The summed E-state index contributed by atoms with van der Waals surface area (Å²) < 4.78 is 34.0. The van der Waals surface area contributed by atoms with Gasteiger partial charge >= 0.3 is 0 Å². The van der Waals surface area contributed by atoms with Crippen molar-refractivity contribution in [3.05, 3.63) is 89.5 Å². The lowest BCUT2D eigenvalue weighted by atomic mass is 10.1. The predicted molar refractivity (Wildman–Crippen MR) is 149 cm³/mol. The second kappa shape index (κ2) is 12.6. The average molecular weight is 538 g/mol. The summed E-state index contributed by atoms with van der Waals surface area (Å²) in [5.74, 6) is -0.252. The van der Waals surface area contributed by atoms with Gasteiger partial charge in [0.25, 0.3) is 10.0 Å². The van der Waals surface area contributed by atoms with E-state index in [0.717, 1.165) is 21.0 Å². The van der Waals surface area contributed by atoms with Gasteiger partial charge in [-0.3, -0.25) is 13.9 Å². The highest BCUT2D eigenvalue weighted by atomic mass is 32.2. The number of sulfonamides is 1. The first-order valence-electron chi connectivity index (χ1n) is 12.4. The lowest BCUT2D eigenvalue weighted by Gasteiger charge is -2.33. The number of hydrogen-bond acceptors (Lipinski definition) is 5. The van der Waals surface area contributed by atoms with E-state index in [1.165, 1.54) is 31.2 Å². The molecule has 38 heavy (non-hydrogen) atoms. The van der Waals surface area contributed by atoms with Crippen LogP contribution in [0.25, 0.3) is 0 Å². The molecule has 3 rings (SSSR count). The number of aryl methyl sites for hydroxylation is 2.